The SMILES string of the molecule is CCCCCCCC/C=C\CCCCCCCCCCCC(=O)OCCCCCCCCCCC/C=C\CCCCCCCC(=O)NC(CO)C(O)CCCCCCCCCCCCCCCCC. The normalized spacial score (nSPS) is 12.7. The van der Waals surface area contributed by atoms with Crippen molar-refractivity contribution in [3.63, 3.8) is 0 Å². The van der Waals surface area contributed by atoms with E-state index in [0.29, 0.717) is 25.9 Å². The minimum Gasteiger partial charge on any atom is -0.466 e. The van der Waals surface area contributed by atoms with E-state index in [9.17, 15) is 19.8 Å². The molecule has 6 heteroatoms. The van der Waals surface area contributed by atoms with Crippen molar-refractivity contribution >= 4 is 11.9 Å². The zero-order valence-corrected chi connectivity index (χ0v) is 46.6. The highest BCUT2D eigenvalue weighted by molar-refractivity contribution is 5.76. The molecule has 0 spiro atoms. The number of carbonyl (C=O) groups excluding carboxylic acids is 2. The molecule has 0 bridgehead atoms. The van der Waals surface area contributed by atoms with E-state index in [1.807, 2.05) is 0 Å². The van der Waals surface area contributed by atoms with Gasteiger partial charge in [0.2, 0.25) is 5.91 Å². The van der Waals surface area contributed by atoms with Gasteiger partial charge in [-0.1, -0.05) is 276 Å². The largest absolute Gasteiger partial charge is 0.466 e. The third-order valence-electron chi connectivity index (χ3n) is 14.5. The average molecular weight is 973 g/mol. The molecule has 0 aliphatic heterocycles. The molecular formula is C63H121NO5. The smallest absolute Gasteiger partial charge is 0.305 e. The van der Waals surface area contributed by atoms with Crippen LogP contribution in [0.5, 0.6) is 0 Å². The third kappa shape index (κ3) is 55.5. The molecule has 408 valence electrons. The molecule has 0 aliphatic carbocycles. The molecule has 2 unspecified atom stereocenters. The van der Waals surface area contributed by atoms with Crippen LogP contribution in [0.2, 0.25) is 0 Å². The van der Waals surface area contributed by atoms with Crippen LogP contribution in [0.15, 0.2) is 24.3 Å². The molecule has 0 fully saturated rings. The molecule has 0 rings (SSSR count). The third-order valence-corrected chi connectivity index (χ3v) is 14.5. The molecule has 3 N–H and O–H groups in total. The number of nitrogens with one attached hydrogen (secondary N) is 1. The highest BCUT2D eigenvalue weighted by Crippen LogP contribution is 2.17. The lowest BCUT2D eigenvalue weighted by Gasteiger charge is -2.22. The average Bonchev–Trinajstić information content (AvgIpc) is 3.35. The number of ether oxygens (including phenoxy) is 1. The summed E-state index contributed by atoms with van der Waals surface area (Å²) >= 11 is 0. The van der Waals surface area contributed by atoms with Gasteiger partial charge in [-0.05, 0) is 77.0 Å². The number of allylic oxidation sites excluding steroid dienone is 4. The first kappa shape index (κ1) is 67.3. The lowest BCUT2D eigenvalue weighted by Crippen LogP contribution is -2.45. The van der Waals surface area contributed by atoms with Crippen LogP contribution in [0.3, 0.4) is 0 Å². The Morgan fingerprint density at radius 3 is 1.03 bits per heavy atom. The van der Waals surface area contributed by atoms with Crippen molar-refractivity contribution in [2.24, 2.45) is 0 Å². The molecule has 1 amide bonds. The summed E-state index contributed by atoms with van der Waals surface area (Å²) in [5.41, 5.74) is 0. The summed E-state index contributed by atoms with van der Waals surface area (Å²) in [5.74, 6) is -0.0445. The number of hydrogen-bond donors (Lipinski definition) is 3. The number of carbonyl (C=O) groups is 2. The first-order valence-electron chi connectivity index (χ1n) is 31.1. The summed E-state index contributed by atoms with van der Waals surface area (Å²) in [7, 11) is 0. The second kappa shape index (κ2) is 58.9. The molecule has 2 atom stereocenters. The van der Waals surface area contributed by atoms with Crippen molar-refractivity contribution in [2.75, 3.05) is 13.2 Å². The number of aliphatic hydroxyl groups is 2. The Balaban J connectivity index is 3.42. The van der Waals surface area contributed by atoms with Gasteiger partial charge in [0.05, 0.1) is 25.4 Å². The maximum atomic E-state index is 12.5. The molecule has 69 heavy (non-hydrogen) atoms. The maximum absolute atomic E-state index is 12.5. The van der Waals surface area contributed by atoms with Crippen LogP contribution in [-0.4, -0.2) is 47.4 Å². The number of esters is 1. The predicted molar refractivity (Wildman–Crippen MR) is 301 cm³/mol. The highest BCUT2D eigenvalue weighted by atomic mass is 16.5. The quantitative estimate of drug-likeness (QED) is 0.0321. The van der Waals surface area contributed by atoms with Gasteiger partial charge in [-0.2, -0.15) is 0 Å². The van der Waals surface area contributed by atoms with Crippen LogP contribution in [0.4, 0.5) is 0 Å². The summed E-state index contributed by atoms with van der Waals surface area (Å²) in [6, 6.07) is -0.551. The molecule has 6 nitrogen and oxygen atoms in total. The van der Waals surface area contributed by atoms with Gasteiger partial charge in [0.1, 0.15) is 0 Å². The Morgan fingerprint density at radius 1 is 0.391 bits per heavy atom. The van der Waals surface area contributed by atoms with Crippen molar-refractivity contribution in [3.8, 4) is 0 Å². The van der Waals surface area contributed by atoms with Crippen LogP contribution in [0.1, 0.15) is 341 Å². The van der Waals surface area contributed by atoms with Crippen molar-refractivity contribution in [2.45, 2.75) is 353 Å². The van der Waals surface area contributed by atoms with Crippen molar-refractivity contribution < 1.29 is 24.5 Å². The second-order valence-electron chi connectivity index (χ2n) is 21.4. The standard InChI is InChI=1S/C63H121NO5/c1-3-5-7-9-11-13-15-17-19-20-21-25-29-33-37-41-45-49-53-57-63(68)69-58-54-50-46-42-38-34-30-26-23-22-24-28-32-36-40-44-48-52-56-62(67)64-60(59-65)61(66)55-51-47-43-39-35-31-27-18-16-14-12-10-8-6-4-2/h17,19,24,28,60-61,65-66H,3-16,18,20-23,25-27,29-59H2,1-2H3,(H,64,67)/b19-17-,28-24-. The number of rotatable bonds is 58. The fourth-order valence-electron chi connectivity index (χ4n) is 9.69. The fourth-order valence-corrected chi connectivity index (χ4v) is 9.69. The summed E-state index contributed by atoms with van der Waals surface area (Å²) < 4.78 is 5.49. The van der Waals surface area contributed by atoms with Crippen LogP contribution in [0, 0.1) is 0 Å². The monoisotopic (exact) mass is 972 g/mol. The van der Waals surface area contributed by atoms with Crippen molar-refractivity contribution in [3.05, 3.63) is 24.3 Å². The van der Waals surface area contributed by atoms with Gasteiger partial charge in [-0.25, -0.2) is 0 Å². The molecule has 0 saturated heterocycles. The predicted octanol–water partition coefficient (Wildman–Crippen LogP) is 19.4. The number of hydrogen-bond acceptors (Lipinski definition) is 5. The number of aliphatic hydroxyl groups excluding tert-OH is 2. The number of unbranched alkanes of at least 4 members (excludes halogenated alkanes) is 43. The first-order chi connectivity index (χ1) is 34.0. The van der Waals surface area contributed by atoms with E-state index >= 15 is 0 Å². The van der Waals surface area contributed by atoms with Gasteiger partial charge in [-0.3, -0.25) is 9.59 Å². The van der Waals surface area contributed by atoms with E-state index < -0.39 is 12.1 Å². The van der Waals surface area contributed by atoms with Crippen LogP contribution >= 0.6 is 0 Å². The van der Waals surface area contributed by atoms with Gasteiger partial charge >= 0.3 is 5.97 Å². The van der Waals surface area contributed by atoms with Crippen LogP contribution in [0.25, 0.3) is 0 Å². The van der Waals surface area contributed by atoms with E-state index in [1.54, 1.807) is 0 Å². The van der Waals surface area contributed by atoms with Gasteiger partial charge < -0.3 is 20.3 Å². The van der Waals surface area contributed by atoms with Crippen molar-refractivity contribution in [1.29, 1.82) is 0 Å². The molecule has 0 aromatic heterocycles. The summed E-state index contributed by atoms with van der Waals surface area (Å²) in [6.45, 7) is 4.95. The second-order valence-corrected chi connectivity index (χ2v) is 21.4. The molecule has 0 aromatic rings. The summed E-state index contributed by atoms with van der Waals surface area (Å²) in [5, 5.41) is 23.3. The Bertz CT molecular complexity index is 1080. The van der Waals surface area contributed by atoms with E-state index in [4.69, 9.17) is 4.74 Å². The molecule has 0 saturated carbocycles. The first-order valence-corrected chi connectivity index (χ1v) is 31.1. The lowest BCUT2D eigenvalue weighted by molar-refractivity contribution is -0.143. The van der Waals surface area contributed by atoms with Crippen molar-refractivity contribution in [1.82, 2.24) is 5.32 Å². The van der Waals surface area contributed by atoms with Gasteiger partial charge in [0.25, 0.3) is 0 Å². The minimum atomic E-state index is -0.673. The van der Waals surface area contributed by atoms with Crippen LogP contribution in [-0.2, 0) is 14.3 Å². The summed E-state index contributed by atoms with van der Waals surface area (Å²) in [4.78, 5) is 24.6. The lowest BCUT2D eigenvalue weighted by atomic mass is 10.0. The zero-order valence-electron chi connectivity index (χ0n) is 46.6. The van der Waals surface area contributed by atoms with Crippen LogP contribution < -0.4 is 5.32 Å². The van der Waals surface area contributed by atoms with E-state index in [1.165, 1.54) is 250 Å². The Labute approximate surface area is 431 Å². The fraction of sp³-hybridized carbons (Fsp3) is 0.905. The highest BCUT2D eigenvalue weighted by Gasteiger charge is 2.20. The molecule has 0 aliphatic rings. The molecular weight excluding hydrogens is 851 g/mol. The van der Waals surface area contributed by atoms with E-state index in [0.717, 1.165) is 57.8 Å². The van der Waals surface area contributed by atoms with E-state index in [-0.39, 0.29) is 18.5 Å². The van der Waals surface area contributed by atoms with E-state index in [2.05, 4.69) is 43.5 Å². The van der Waals surface area contributed by atoms with Gasteiger partial charge in [0.15, 0.2) is 0 Å². The zero-order chi connectivity index (χ0) is 50.0. The molecule has 0 heterocycles. The number of amides is 1. The van der Waals surface area contributed by atoms with Gasteiger partial charge in [0, 0.05) is 12.8 Å². The summed E-state index contributed by atoms with van der Waals surface area (Å²) in [6.07, 6.45) is 71.8. The molecule has 0 aromatic carbocycles. The van der Waals surface area contributed by atoms with Gasteiger partial charge in [-0.15, -0.1) is 0 Å². The Morgan fingerprint density at radius 2 is 0.681 bits per heavy atom. The maximum Gasteiger partial charge on any atom is 0.305 e. The topological polar surface area (TPSA) is 95.9 Å². The Kier molecular flexibility index (Phi) is 57.5. The Hall–Kier alpha value is -1.66. The molecule has 0 radical (unpaired) electrons. The minimum absolute atomic E-state index is 0.00305.